The first kappa shape index (κ1) is 18.5. The Balaban J connectivity index is 2.08. The second-order valence-corrected chi connectivity index (χ2v) is 8.24. The minimum absolute atomic E-state index is 0.0970. The first-order chi connectivity index (χ1) is 11.5. The molecule has 0 bridgehead atoms. The number of sulfone groups is 1. The molecule has 0 aromatic heterocycles. The standard InChI is InChI=1S/C20H26O3S/c1-2-3-4-5-6-10-15-24(22,23)18-13-14-20(21)19(16-18)17-11-8-7-9-12-17/h7-9,11-14,16,21H,2-6,10,15H2,1H3. The van der Waals surface area contributed by atoms with Crippen molar-refractivity contribution in [2.24, 2.45) is 0 Å². The lowest BCUT2D eigenvalue weighted by atomic mass is 10.1. The van der Waals surface area contributed by atoms with Crippen molar-refractivity contribution >= 4 is 9.84 Å². The third-order valence-corrected chi connectivity index (χ3v) is 5.98. The maximum Gasteiger partial charge on any atom is 0.178 e. The van der Waals surface area contributed by atoms with E-state index in [2.05, 4.69) is 6.92 Å². The minimum Gasteiger partial charge on any atom is -0.507 e. The molecule has 0 fully saturated rings. The summed E-state index contributed by atoms with van der Waals surface area (Å²) in [5.41, 5.74) is 1.37. The van der Waals surface area contributed by atoms with Crippen LogP contribution < -0.4 is 0 Å². The Morgan fingerprint density at radius 3 is 2.25 bits per heavy atom. The van der Waals surface area contributed by atoms with Gasteiger partial charge in [0.2, 0.25) is 0 Å². The van der Waals surface area contributed by atoms with E-state index in [0.29, 0.717) is 12.0 Å². The molecular weight excluding hydrogens is 320 g/mol. The van der Waals surface area contributed by atoms with Crippen LogP contribution in [-0.2, 0) is 9.84 Å². The number of aromatic hydroxyl groups is 1. The van der Waals surface area contributed by atoms with Crippen LogP contribution in [0.4, 0.5) is 0 Å². The molecule has 0 radical (unpaired) electrons. The molecule has 0 heterocycles. The molecule has 1 N–H and O–H groups in total. The summed E-state index contributed by atoms with van der Waals surface area (Å²) >= 11 is 0. The molecule has 0 unspecified atom stereocenters. The van der Waals surface area contributed by atoms with Crippen molar-refractivity contribution in [1.82, 2.24) is 0 Å². The molecule has 0 amide bonds. The lowest BCUT2D eigenvalue weighted by molar-refractivity contribution is 0.477. The Hall–Kier alpha value is -1.81. The maximum atomic E-state index is 12.5. The van der Waals surface area contributed by atoms with E-state index in [9.17, 15) is 13.5 Å². The van der Waals surface area contributed by atoms with Crippen LogP contribution in [-0.4, -0.2) is 19.3 Å². The summed E-state index contributed by atoms with van der Waals surface area (Å²) in [5, 5.41) is 10.1. The number of phenolic OH excluding ortho intramolecular Hbond substituents is 1. The number of phenols is 1. The van der Waals surface area contributed by atoms with Crippen LogP contribution >= 0.6 is 0 Å². The van der Waals surface area contributed by atoms with Gasteiger partial charge in [0.1, 0.15) is 5.75 Å². The summed E-state index contributed by atoms with van der Waals surface area (Å²) < 4.78 is 25.1. The third-order valence-electron chi connectivity index (χ3n) is 4.18. The van der Waals surface area contributed by atoms with Crippen LogP contribution in [0, 0.1) is 0 Å². The summed E-state index contributed by atoms with van der Waals surface area (Å²) in [5.74, 6) is 0.262. The SMILES string of the molecule is CCCCCCCCS(=O)(=O)c1ccc(O)c(-c2ccccc2)c1. The monoisotopic (exact) mass is 346 g/mol. The Morgan fingerprint density at radius 1 is 0.875 bits per heavy atom. The molecule has 3 nitrogen and oxygen atoms in total. The van der Waals surface area contributed by atoms with Gasteiger partial charge in [-0.15, -0.1) is 0 Å². The zero-order valence-electron chi connectivity index (χ0n) is 14.2. The van der Waals surface area contributed by atoms with Gasteiger partial charge in [0.15, 0.2) is 9.84 Å². The number of rotatable bonds is 9. The Labute approximate surface area is 145 Å². The number of hydrogen-bond donors (Lipinski definition) is 1. The highest BCUT2D eigenvalue weighted by Crippen LogP contribution is 2.31. The molecular formula is C20H26O3S. The molecule has 0 saturated carbocycles. The highest BCUT2D eigenvalue weighted by Gasteiger charge is 2.16. The van der Waals surface area contributed by atoms with E-state index in [4.69, 9.17) is 0 Å². The summed E-state index contributed by atoms with van der Waals surface area (Å²) in [7, 11) is -3.31. The van der Waals surface area contributed by atoms with Crippen molar-refractivity contribution in [3.8, 4) is 16.9 Å². The van der Waals surface area contributed by atoms with Gasteiger partial charge in [-0.2, -0.15) is 0 Å². The number of benzene rings is 2. The largest absolute Gasteiger partial charge is 0.507 e. The van der Waals surface area contributed by atoms with Gasteiger partial charge in [-0.25, -0.2) is 8.42 Å². The van der Waals surface area contributed by atoms with Crippen LogP contribution in [0.25, 0.3) is 11.1 Å². The Bertz CT molecular complexity index is 737. The third kappa shape index (κ3) is 5.10. The summed E-state index contributed by atoms with van der Waals surface area (Å²) in [6, 6.07) is 13.9. The second-order valence-electron chi connectivity index (χ2n) is 6.13. The molecule has 24 heavy (non-hydrogen) atoms. The Morgan fingerprint density at radius 2 is 1.54 bits per heavy atom. The predicted molar refractivity (Wildman–Crippen MR) is 99.0 cm³/mol. The summed E-state index contributed by atoms with van der Waals surface area (Å²) in [4.78, 5) is 0.285. The van der Waals surface area contributed by atoms with E-state index in [1.165, 1.54) is 31.4 Å². The zero-order valence-corrected chi connectivity index (χ0v) is 15.1. The van der Waals surface area contributed by atoms with Gasteiger partial charge >= 0.3 is 0 Å². The first-order valence-corrected chi connectivity index (χ1v) is 10.3. The van der Waals surface area contributed by atoms with Crippen LogP contribution in [0.2, 0.25) is 0 Å². The fourth-order valence-corrected chi connectivity index (χ4v) is 4.14. The minimum atomic E-state index is -3.31. The average Bonchev–Trinajstić information content (AvgIpc) is 2.59. The molecule has 0 aliphatic heterocycles. The molecule has 2 aromatic carbocycles. The van der Waals surface area contributed by atoms with Crippen molar-refractivity contribution in [3.63, 3.8) is 0 Å². The van der Waals surface area contributed by atoms with Crippen molar-refractivity contribution < 1.29 is 13.5 Å². The van der Waals surface area contributed by atoms with E-state index in [1.54, 1.807) is 6.07 Å². The Kier molecular flexibility index (Phi) is 6.85. The van der Waals surface area contributed by atoms with Gasteiger partial charge in [0.25, 0.3) is 0 Å². The van der Waals surface area contributed by atoms with E-state index in [-0.39, 0.29) is 16.4 Å². The van der Waals surface area contributed by atoms with Gasteiger partial charge in [-0.1, -0.05) is 69.4 Å². The molecule has 2 aromatic rings. The van der Waals surface area contributed by atoms with Gasteiger partial charge in [-0.05, 0) is 30.2 Å². The topological polar surface area (TPSA) is 54.4 Å². The van der Waals surface area contributed by atoms with Crippen LogP contribution in [0.3, 0.4) is 0 Å². The predicted octanol–water partition coefficient (Wildman–Crippen LogP) is 5.19. The van der Waals surface area contributed by atoms with Crippen LogP contribution in [0.5, 0.6) is 5.75 Å². The van der Waals surface area contributed by atoms with Crippen molar-refractivity contribution in [2.45, 2.75) is 50.3 Å². The lowest BCUT2D eigenvalue weighted by Crippen LogP contribution is -2.07. The average molecular weight is 346 g/mol. The maximum absolute atomic E-state index is 12.5. The van der Waals surface area contributed by atoms with Crippen molar-refractivity contribution in [1.29, 1.82) is 0 Å². The second kappa shape index (κ2) is 8.88. The molecule has 0 aliphatic rings. The van der Waals surface area contributed by atoms with E-state index >= 15 is 0 Å². The fourth-order valence-electron chi connectivity index (χ4n) is 2.75. The van der Waals surface area contributed by atoms with Crippen LogP contribution in [0.15, 0.2) is 53.4 Å². The summed E-state index contributed by atoms with van der Waals surface area (Å²) in [6.07, 6.45) is 6.30. The highest BCUT2D eigenvalue weighted by molar-refractivity contribution is 7.91. The fraction of sp³-hybridized carbons (Fsp3) is 0.400. The normalized spacial score (nSPS) is 11.5. The zero-order chi connectivity index (χ0) is 17.4. The van der Waals surface area contributed by atoms with Gasteiger partial charge in [0.05, 0.1) is 10.6 Å². The number of unbranched alkanes of at least 4 members (excludes halogenated alkanes) is 5. The lowest BCUT2D eigenvalue weighted by Gasteiger charge is -2.09. The molecule has 0 atom stereocenters. The van der Waals surface area contributed by atoms with Crippen molar-refractivity contribution in [2.75, 3.05) is 5.75 Å². The smallest absolute Gasteiger partial charge is 0.178 e. The molecule has 4 heteroatoms. The first-order valence-electron chi connectivity index (χ1n) is 8.66. The quantitative estimate of drug-likeness (QED) is 0.635. The van der Waals surface area contributed by atoms with E-state index in [0.717, 1.165) is 18.4 Å². The molecule has 130 valence electrons. The van der Waals surface area contributed by atoms with Crippen molar-refractivity contribution in [3.05, 3.63) is 48.5 Å². The summed E-state index contributed by atoms with van der Waals surface area (Å²) in [6.45, 7) is 2.17. The number of hydrogen-bond acceptors (Lipinski definition) is 3. The molecule has 0 aliphatic carbocycles. The molecule has 0 saturated heterocycles. The molecule has 2 rings (SSSR count). The van der Waals surface area contributed by atoms with Gasteiger partial charge < -0.3 is 5.11 Å². The van der Waals surface area contributed by atoms with E-state index < -0.39 is 9.84 Å². The highest BCUT2D eigenvalue weighted by atomic mass is 32.2. The van der Waals surface area contributed by atoms with Crippen LogP contribution in [0.1, 0.15) is 45.4 Å². The molecule has 0 spiro atoms. The van der Waals surface area contributed by atoms with Gasteiger partial charge in [-0.3, -0.25) is 0 Å². The van der Waals surface area contributed by atoms with E-state index in [1.807, 2.05) is 30.3 Å². The van der Waals surface area contributed by atoms with Gasteiger partial charge in [0, 0.05) is 5.56 Å².